The number of hydrogen-bond donors (Lipinski definition) is 2. The number of carbonyl (C=O) groups excluding carboxylic acids is 4. The molecule has 3 unspecified atom stereocenters. The molecule has 2 saturated heterocycles. The molecule has 9 nitrogen and oxygen atoms in total. The minimum Gasteiger partial charge on any atom is -0.469 e. The molecular formula is C34H59N3O6S. The average Bonchev–Trinajstić information content (AvgIpc) is 3.56. The maximum atomic E-state index is 12.6. The van der Waals surface area contributed by atoms with Crippen LogP contribution in [-0.2, 0) is 19.1 Å². The van der Waals surface area contributed by atoms with Gasteiger partial charge in [-0.05, 0) is 57.8 Å². The lowest BCUT2D eigenvalue weighted by Crippen LogP contribution is -2.42. The fourth-order valence-electron chi connectivity index (χ4n) is 5.79. The third-order valence-electron chi connectivity index (χ3n) is 8.47. The molecule has 0 spiro atoms. The Morgan fingerprint density at radius 3 is 2.25 bits per heavy atom. The Morgan fingerprint density at radius 2 is 1.55 bits per heavy atom. The second kappa shape index (κ2) is 24.1. The molecule has 2 rings (SSSR count). The molecule has 44 heavy (non-hydrogen) atoms. The summed E-state index contributed by atoms with van der Waals surface area (Å²) >= 11 is 1.75. The van der Waals surface area contributed by atoms with Crippen LogP contribution in [0.3, 0.4) is 0 Å². The van der Waals surface area contributed by atoms with E-state index in [1.54, 1.807) is 11.8 Å². The van der Waals surface area contributed by atoms with Gasteiger partial charge >= 0.3 is 18.1 Å². The van der Waals surface area contributed by atoms with Gasteiger partial charge in [0.2, 0.25) is 5.91 Å². The first-order valence-corrected chi connectivity index (χ1v) is 18.4. The van der Waals surface area contributed by atoms with Gasteiger partial charge in [0.25, 0.3) is 0 Å². The number of esters is 1. The van der Waals surface area contributed by atoms with Crippen LogP contribution in [0, 0.1) is 0 Å². The van der Waals surface area contributed by atoms with Crippen molar-refractivity contribution in [3.8, 4) is 0 Å². The third kappa shape index (κ3) is 15.7. The van der Waals surface area contributed by atoms with Crippen LogP contribution in [0.5, 0.6) is 0 Å². The van der Waals surface area contributed by atoms with Gasteiger partial charge in [0, 0.05) is 30.4 Å². The number of nitrogens with zero attached hydrogens (tertiary/aromatic N) is 1. The minimum absolute atomic E-state index is 0.0815. The zero-order chi connectivity index (χ0) is 31.8. The second-order valence-corrected chi connectivity index (χ2v) is 13.4. The smallest absolute Gasteiger partial charge is 0.418 e. The summed E-state index contributed by atoms with van der Waals surface area (Å²) in [6, 6.07) is -0.690. The van der Waals surface area contributed by atoms with Crippen LogP contribution in [-0.4, -0.2) is 72.2 Å². The van der Waals surface area contributed by atoms with Crippen LogP contribution in [0.15, 0.2) is 12.2 Å². The van der Waals surface area contributed by atoms with Crippen molar-refractivity contribution in [3.63, 3.8) is 0 Å². The lowest BCUT2D eigenvalue weighted by molar-refractivity contribution is -0.140. The summed E-state index contributed by atoms with van der Waals surface area (Å²) in [6.45, 7) is 3.03. The molecule has 0 aliphatic carbocycles. The van der Waals surface area contributed by atoms with E-state index in [2.05, 4.69) is 34.4 Å². The number of methoxy groups -OCH3 is 1. The van der Waals surface area contributed by atoms with E-state index in [0.29, 0.717) is 38.0 Å². The summed E-state index contributed by atoms with van der Waals surface area (Å²) in [5, 5.41) is 6.13. The van der Waals surface area contributed by atoms with Crippen LogP contribution < -0.4 is 10.6 Å². The molecule has 0 saturated carbocycles. The van der Waals surface area contributed by atoms with Crippen LogP contribution in [0.1, 0.15) is 135 Å². The fourth-order valence-corrected chi connectivity index (χ4v) is 7.38. The summed E-state index contributed by atoms with van der Waals surface area (Å²) in [6.07, 6.45) is 25.0. The molecule has 2 aliphatic rings. The van der Waals surface area contributed by atoms with Crippen LogP contribution in [0.2, 0.25) is 0 Å². The number of fused-ring (bicyclic) bond motifs is 1. The topological polar surface area (TPSA) is 114 Å². The molecule has 0 radical (unpaired) electrons. The Balaban J connectivity index is 1.41. The molecule has 0 aromatic heterocycles. The molecule has 2 aliphatic heterocycles. The number of rotatable bonds is 25. The van der Waals surface area contributed by atoms with Crippen molar-refractivity contribution in [2.24, 2.45) is 0 Å². The van der Waals surface area contributed by atoms with Gasteiger partial charge in [0.1, 0.15) is 0 Å². The number of urea groups is 1. The van der Waals surface area contributed by atoms with Crippen molar-refractivity contribution in [2.45, 2.75) is 153 Å². The summed E-state index contributed by atoms with van der Waals surface area (Å²) in [4.78, 5) is 49.8. The maximum Gasteiger partial charge on any atom is 0.418 e. The molecular weight excluding hydrogens is 578 g/mol. The van der Waals surface area contributed by atoms with Gasteiger partial charge in [-0.25, -0.2) is 14.5 Å². The number of allylic oxidation sites excluding steroid dienone is 2. The Bertz CT molecular complexity index is 870. The molecule has 252 valence electrons. The van der Waals surface area contributed by atoms with Crippen molar-refractivity contribution in [1.29, 1.82) is 0 Å². The minimum atomic E-state index is -0.602. The summed E-state index contributed by atoms with van der Waals surface area (Å²) in [5.41, 5.74) is 0. The first kappa shape index (κ1) is 38.0. The van der Waals surface area contributed by atoms with Gasteiger partial charge in [-0.2, -0.15) is 11.8 Å². The lowest BCUT2D eigenvalue weighted by Gasteiger charge is -2.19. The van der Waals surface area contributed by atoms with Crippen LogP contribution in [0.25, 0.3) is 0 Å². The van der Waals surface area contributed by atoms with E-state index < -0.39 is 12.1 Å². The predicted molar refractivity (Wildman–Crippen MR) is 178 cm³/mol. The van der Waals surface area contributed by atoms with E-state index in [9.17, 15) is 19.2 Å². The largest absolute Gasteiger partial charge is 0.469 e. The molecule has 2 fully saturated rings. The Labute approximate surface area is 270 Å². The summed E-state index contributed by atoms with van der Waals surface area (Å²) < 4.78 is 10.1. The molecule has 2 heterocycles. The van der Waals surface area contributed by atoms with Crippen LogP contribution >= 0.6 is 11.8 Å². The van der Waals surface area contributed by atoms with Crippen molar-refractivity contribution < 1.29 is 28.7 Å². The quantitative estimate of drug-likeness (QED) is 0.0457. The van der Waals surface area contributed by atoms with Crippen molar-refractivity contribution in [3.05, 3.63) is 12.2 Å². The first-order chi connectivity index (χ1) is 21.5. The zero-order valence-corrected chi connectivity index (χ0v) is 28.3. The van der Waals surface area contributed by atoms with E-state index in [1.807, 2.05) is 0 Å². The third-order valence-corrected chi connectivity index (χ3v) is 9.96. The highest BCUT2D eigenvalue weighted by molar-refractivity contribution is 8.00. The molecule has 4 amide bonds. The average molecular weight is 638 g/mol. The van der Waals surface area contributed by atoms with Gasteiger partial charge in [-0.15, -0.1) is 0 Å². The molecule has 0 aromatic carbocycles. The van der Waals surface area contributed by atoms with Crippen molar-refractivity contribution in [1.82, 2.24) is 15.5 Å². The van der Waals surface area contributed by atoms with E-state index in [-0.39, 0.29) is 35.8 Å². The standard InChI is InChI=1S/C34H59N3O6S/c1-3-4-5-6-7-8-9-10-11-12-13-14-15-16-17-23-30(38)35-25-20-21-26-43-34(41)37-28-27-44-29(32(28)36-33(37)40)22-18-19-24-31(39)42-2/h10-11,28-29,32H,3-9,12-27H2,1-2H3,(H,35,38)(H,36,40)/b11-10-. The Kier molecular flexibility index (Phi) is 20.8. The highest BCUT2D eigenvalue weighted by Crippen LogP contribution is 2.37. The van der Waals surface area contributed by atoms with Gasteiger partial charge in [-0.3, -0.25) is 9.59 Å². The number of amides is 4. The lowest BCUT2D eigenvalue weighted by atomic mass is 10.0. The number of carbonyl (C=O) groups is 4. The van der Waals surface area contributed by atoms with Gasteiger partial charge in [0.15, 0.2) is 0 Å². The van der Waals surface area contributed by atoms with Gasteiger partial charge < -0.3 is 20.1 Å². The van der Waals surface area contributed by atoms with Gasteiger partial charge in [0.05, 0.1) is 25.8 Å². The van der Waals surface area contributed by atoms with E-state index in [0.717, 1.165) is 32.1 Å². The van der Waals surface area contributed by atoms with Gasteiger partial charge in [-0.1, -0.05) is 76.9 Å². The van der Waals surface area contributed by atoms with Crippen molar-refractivity contribution >= 4 is 35.8 Å². The zero-order valence-electron chi connectivity index (χ0n) is 27.5. The Morgan fingerprint density at radius 1 is 0.886 bits per heavy atom. The molecule has 3 atom stereocenters. The fraction of sp³-hybridized carbons (Fsp3) is 0.824. The van der Waals surface area contributed by atoms with E-state index >= 15 is 0 Å². The number of unbranched alkanes of at least 4 members (excludes halogenated alkanes) is 13. The second-order valence-electron chi connectivity index (χ2n) is 12.1. The molecule has 0 bridgehead atoms. The molecule has 10 heteroatoms. The number of ether oxygens (including phenoxy) is 2. The summed E-state index contributed by atoms with van der Waals surface area (Å²) in [7, 11) is 1.39. The molecule has 2 N–H and O–H groups in total. The highest BCUT2D eigenvalue weighted by Gasteiger charge is 2.50. The number of hydrogen-bond acceptors (Lipinski definition) is 7. The number of imide groups is 1. The molecule has 0 aromatic rings. The predicted octanol–water partition coefficient (Wildman–Crippen LogP) is 7.67. The SMILES string of the molecule is CCCCCCCC/C=C\CCCCCCCC(=O)NCCCCOC(=O)N1C(=O)NC2C(CCCCC(=O)OC)SCC21. The number of thioether (sulfide) groups is 1. The normalized spacial score (nSPS) is 19.3. The monoisotopic (exact) mass is 637 g/mol. The highest BCUT2D eigenvalue weighted by atomic mass is 32.2. The summed E-state index contributed by atoms with van der Waals surface area (Å²) in [5.74, 6) is 0.558. The number of nitrogens with one attached hydrogen (secondary N) is 2. The Hall–Kier alpha value is -2.23. The van der Waals surface area contributed by atoms with E-state index in [1.165, 1.54) is 82.6 Å². The maximum absolute atomic E-state index is 12.6. The van der Waals surface area contributed by atoms with E-state index in [4.69, 9.17) is 4.74 Å². The first-order valence-electron chi connectivity index (χ1n) is 17.3. The van der Waals surface area contributed by atoms with Crippen molar-refractivity contribution in [2.75, 3.05) is 26.0 Å². The van der Waals surface area contributed by atoms with Crippen LogP contribution in [0.4, 0.5) is 9.59 Å².